The minimum atomic E-state index is -2.29. The number of hydrogen-bond donors (Lipinski definition) is 1. The van der Waals surface area contributed by atoms with E-state index in [4.69, 9.17) is 8.74 Å². The summed E-state index contributed by atoms with van der Waals surface area (Å²) in [6.07, 6.45) is 8.25. The van der Waals surface area contributed by atoms with Gasteiger partial charge < -0.3 is 4.18 Å². The van der Waals surface area contributed by atoms with Gasteiger partial charge in [0, 0.05) is 5.39 Å². The van der Waals surface area contributed by atoms with Crippen molar-refractivity contribution in [2.24, 2.45) is 0 Å². The maximum absolute atomic E-state index is 11.1. The first-order valence-corrected chi connectivity index (χ1v) is 9.05. The Kier molecular flexibility index (Phi) is 6.87. The first kappa shape index (κ1) is 17.0. The number of aryl methyl sites for hydroxylation is 1. The van der Waals surface area contributed by atoms with Crippen LogP contribution in [0.3, 0.4) is 0 Å². The predicted octanol–water partition coefficient (Wildman–Crippen LogP) is 5.26. The molecule has 0 radical (unpaired) electrons. The predicted molar refractivity (Wildman–Crippen MR) is 92.4 cm³/mol. The van der Waals surface area contributed by atoms with Crippen molar-refractivity contribution in [3.63, 3.8) is 0 Å². The van der Waals surface area contributed by atoms with Crippen molar-refractivity contribution in [3.05, 3.63) is 42.0 Å². The quantitative estimate of drug-likeness (QED) is 0.506. The highest BCUT2D eigenvalue weighted by molar-refractivity contribution is 7.74. The van der Waals surface area contributed by atoms with Crippen molar-refractivity contribution in [3.8, 4) is 5.75 Å². The van der Waals surface area contributed by atoms with E-state index >= 15 is 0 Å². The number of rotatable bonds is 9. The van der Waals surface area contributed by atoms with Gasteiger partial charge in [0.15, 0.2) is 5.75 Å². The molecule has 2 aromatic carbocycles. The van der Waals surface area contributed by atoms with Gasteiger partial charge in [0.2, 0.25) is 0 Å². The molecular weight excluding hydrogens is 296 g/mol. The Morgan fingerprint density at radius 2 is 1.73 bits per heavy atom. The monoisotopic (exact) mass is 320 g/mol. The van der Waals surface area contributed by atoms with Crippen LogP contribution in [0.15, 0.2) is 36.4 Å². The molecule has 0 bridgehead atoms. The molecule has 4 heteroatoms. The molecule has 0 aliphatic heterocycles. The van der Waals surface area contributed by atoms with Crippen LogP contribution in [0, 0.1) is 0 Å². The van der Waals surface area contributed by atoms with Crippen molar-refractivity contribution in [1.29, 1.82) is 0 Å². The summed E-state index contributed by atoms with van der Waals surface area (Å²) in [5, 5.41) is 1.92. The van der Waals surface area contributed by atoms with Crippen LogP contribution in [0.5, 0.6) is 5.75 Å². The molecule has 0 spiro atoms. The fourth-order valence-corrected chi connectivity index (χ4v) is 3.09. The lowest BCUT2D eigenvalue weighted by molar-refractivity contribution is 0.457. The Labute approximate surface area is 135 Å². The maximum Gasteiger partial charge on any atom is 0.357 e. The number of unbranched alkanes of at least 4 members (excludes halogenated alkanes) is 5. The van der Waals surface area contributed by atoms with Crippen molar-refractivity contribution >= 4 is 22.1 Å². The summed E-state index contributed by atoms with van der Waals surface area (Å²) in [5.41, 5.74) is 1.01. The van der Waals surface area contributed by atoms with Gasteiger partial charge in [-0.3, -0.25) is 4.55 Å². The topological polar surface area (TPSA) is 46.5 Å². The van der Waals surface area contributed by atoms with E-state index in [0.29, 0.717) is 5.75 Å². The molecule has 0 fully saturated rings. The third kappa shape index (κ3) is 4.82. The molecule has 0 aliphatic carbocycles. The zero-order valence-corrected chi connectivity index (χ0v) is 13.9. The number of fused-ring (bicyclic) bond motifs is 1. The van der Waals surface area contributed by atoms with E-state index in [1.807, 2.05) is 30.3 Å². The Bertz CT molecular complexity index is 625. The van der Waals surface area contributed by atoms with Gasteiger partial charge in [-0.15, -0.1) is 0 Å². The van der Waals surface area contributed by atoms with Crippen LogP contribution in [0.2, 0.25) is 0 Å². The van der Waals surface area contributed by atoms with Gasteiger partial charge in [-0.05, 0) is 23.8 Å². The largest absolute Gasteiger partial charge is 0.379 e. The van der Waals surface area contributed by atoms with Crippen LogP contribution in [-0.2, 0) is 17.8 Å². The van der Waals surface area contributed by atoms with Gasteiger partial charge in [0.1, 0.15) is 0 Å². The van der Waals surface area contributed by atoms with Gasteiger partial charge in [-0.25, -0.2) is 0 Å². The summed E-state index contributed by atoms with van der Waals surface area (Å²) in [4.78, 5) is 0. The minimum absolute atomic E-state index is 0.549. The minimum Gasteiger partial charge on any atom is -0.379 e. The third-order valence-electron chi connectivity index (χ3n) is 3.92. The lowest BCUT2D eigenvalue weighted by atomic mass is 10.0. The summed E-state index contributed by atoms with van der Waals surface area (Å²) in [5.74, 6) is 0.549. The third-order valence-corrected chi connectivity index (χ3v) is 4.22. The summed E-state index contributed by atoms with van der Waals surface area (Å²) < 4.78 is 25.4. The molecule has 0 saturated heterocycles. The van der Waals surface area contributed by atoms with Crippen LogP contribution in [-0.4, -0.2) is 8.76 Å². The normalized spacial score (nSPS) is 12.5. The van der Waals surface area contributed by atoms with Crippen LogP contribution in [0.4, 0.5) is 0 Å². The molecule has 0 aromatic heterocycles. The van der Waals surface area contributed by atoms with Crippen LogP contribution in [0.1, 0.15) is 51.0 Å². The van der Waals surface area contributed by atoms with Gasteiger partial charge in [-0.1, -0.05) is 75.4 Å². The Hall–Kier alpha value is -1.39. The van der Waals surface area contributed by atoms with E-state index in [1.54, 1.807) is 0 Å². The lowest BCUT2D eigenvalue weighted by Crippen LogP contribution is -2.02. The Morgan fingerprint density at radius 3 is 2.50 bits per heavy atom. The molecule has 1 unspecified atom stereocenters. The van der Waals surface area contributed by atoms with E-state index in [2.05, 4.69) is 13.0 Å². The summed E-state index contributed by atoms with van der Waals surface area (Å²) in [6, 6.07) is 11.9. The number of benzene rings is 2. The molecule has 0 saturated carbocycles. The van der Waals surface area contributed by atoms with Crippen molar-refractivity contribution in [1.82, 2.24) is 0 Å². The second kappa shape index (κ2) is 8.91. The molecule has 0 aliphatic rings. The summed E-state index contributed by atoms with van der Waals surface area (Å²) in [7, 11) is 0. The van der Waals surface area contributed by atoms with Crippen LogP contribution in [0.25, 0.3) is 10.8 Å². The van der Waals surface area contributed by atoms with Gasteiger partial charge in [0.05, 0.1) is 0 Å². The lowest BCUT2D eigenvalue weighted by Gasteiger charge is -2.11. The first-order chi connectivity index (χ1) is 10.7. The highest BCUT2D eigenvalue weighted by Crippen LogP contribution is 2.31. The van der Waals surface area contributed by atoms with Gasteiger partial charge >= 0.3 is 11.4 Å². The SMILES string of the molecule is CCCCCCCCc1ccc2ccccc2c1OS(=O)O. The highest BCUT2D eigenvalue weighted by Gasteiger charge is 2.11. The van der Waals surface area contributed by atoms with Crippen molar-refractivity contribution in [2.45, 2.75) is 51.9 Å². The average Bonchev–Trinajstić information content (AvgIpc) is 2.52. The second-order valence-electron chi connectivity index (χ2n) is 5.59. The van der Waals surface area contributed by atoms with E-state index in [0.717, 1.165) is 29.2 Å². The molecule has 1 N–H and O–H groups in total. The maximum atomic E-state index is 11.1. The highest BCUT2D eigenvalue weighted by atomic mass is 32.2. The smallest absolute Gasteiger partial charge is 0.357 e. The van der Waals surface area contributed by atoms with E-state index in [1.165, 1.54) is 32.1 Å². The van der Waals surface area contributed by atoms with E-state index in [9.17, 15) is 4.21 Å². The summed E-state index contributed by atoms with van der Waals surface area (Å²) in [6.45, 7) is 2.22. The first-order valence-electron chi connectivity index (χ1n) is 8.02. The molecule has 2 rings (SSSR count). The Morgan fingerprint density at radius 1 is 1.00 bits per heavy atom. The Balaban J connectivity index is 2.09. The van der Waals surface area contributed by atoms with E-state index < -0.39 is 11.4 Å². The van der Waals surface area contributed by atoms with E-state index in [-0.39, 0.29) is 0 Å². The zero-order chi connectivity index (χ0) is 15.8. The molecule has 1 atom stereocenters. The second-order valence-corrected chi connectivity index (χ2v) is 6.19. The van der Waals surface area contributed by atoms with Gasteiger partial charge in [-0.2, -0.15) is 4.21 Å². The fourth-order valence-electron chi connectivity index (χ4n) is 2.75. The van der Waals surface area contributed by atoms with Crippen molar-refractivity contribution in [2.75, 3.05) is 0 Å². The number of hydrogen-bond acceptors (Lipinski definition) is 2. The van der Waals surface area contributed by atoms with Crippen LogP contribution >= 0.6 is 0 Å². The molecule has 120 valence electrons. The molecule has 0 heterocycles. The standard InChI is InChI=1S/C18H24O3S/c1-2-3-4-5-6-7-11-16-14-13-15-10-8-9-12-17(15)18(16)21-22(19)20/h8-10,12-14H,2-7,11H2,1H3,(H,19,20). The molecular formula is C18H24O3S. The molecule has 22 heavy (non-hydrogen) atoms. The molecule has 0 amide bonds. The average molecular weight is 320 g/mol. The zero-order valence-electron chi connectivity index (χ0n) is 13.1. The molecule has 3 nitrogen and oxygen atoms in total. The van der Waals surface area contributed by atoms with Crippen LogP contribution < -0.4 is 4.18 Å². The fraction of sp³-hybridized carbons (Fsp3) is 0.444. The van der Waals surface area contributed by atoms with Crippen molar-refractivity contribution < 1.29 is 12.9 Å². The van der Waals surface area contributed by atoms with Gasteiger partial charge in [0.25, 0.3) is 0 Å². The molecule has 2 aromatic rings. The summed E-state index contributed by atoms with van der Waals surface area (Å²) >= 11 is -2.29.